The smallest absolute Gasteiger partial charge is 0.243 e. The van der Waals surface area contributed by atoms with Crippen molar-refractivity contribution in [2.75, 3.05) is 39.3 Å². The number of nitrogens with one attached hydrogen (secondary N) is 1. The van der Waals surface area contributed by atoms with Crippen LogP contribution in [0.3, 0.4) is 0 Å². The molecule has 27 heavy (non-hydrogen) atoms. The molecule has 1 aromatic rings. The molecule has 0 unspecified atom stereocenters. The summed E-state index contributed by atoms with van der Waals surface area (Å²) in [4.78, 5) is 25.9. The van der Waals surface area contributed by atoms with Crippen LogP contribution < -0.4 is 11.1 Å². The fourth-order valence-corrected chi connectivity index (χ4v) is 4.33. The van der Waals surface area contributed by atoms with Crippen molar-refractivity contribution >= 4 is 21.8 Å². The van der Waals surface area contributed by atoms with Gasteiger partial charge in [0.1, 0.15) is 0 Å². The van der Waals surface area contributed by atoms with Crippen LogP contribution in [-0.4, -0.2) is 68.7 Å². The zero-order valence-corrected chi connectivity index (χ0v) is 16.3. The Morgan fingerprint density at radius 1 is 1.00 bits per heavy atom. The van der Waals surface area contributed by atoms with E-state index in [4.69, 9.17) is 5.73 Å². The zero-order chi connectivity index (χ0) is 19.7. The van der Waals surface area contributed by atoms with E-state index in [2.05, 4.69) is 5.32 Å². The Labute approximate surface area is 160 Å². The number of sulfonamides is 1. The fraction of sp³-hybridized carbons (Fsp3) is 0.556. The van der Waals surface area contributed by atoms with E-state index in [1.54, 1.807) is 35.2 Å². The van der Waals surface area contributed by atoms with Gasteiger partial charge in [-0.3, -0.25) is 9.59 Å². The lowest BCUT2D eigenvalue weighted by Gasteiger charge is -2.34. The first-order chi connectivity index (χ1) is 12.9. The summed E-state index contributed by atoms with van der Waals surface area (Å²) in [5.41, 5.74) is 5.39. The van der Waals surface area contributed by atoms with E-state index < -0.39 is 10.0 Å². The lowest BCUT2D eigenvalue weighted by Crippen LogP contribution is -2.50. The predicted octanol–water partition coefficient (Wildman–Crippen LogP) is 0.155. The van der Waals surface area contributed by atoms with Crippen LogP contribution in [-0.2, 0) is 19.6 Å². The number of carbonyl (C=O) groups excluding carboxylic acids is 2. The molecule has 1 aromatic carbocycles. The molecule has 150 valence electrons. The highest BCUT2D eigenvalue weighted by atomic mass is 32.2. The minimum atomic E-state index is -3.53. The molecule has 1 heterocycles. The van der Waals surface area contributed by atoms with Crippen molar-refractivity contribution in [3.05, 3.63) is 30.3 Å². The number of amides is 2. The molecule has 0 aromatic heterocycles. The second kappa shape index (κ2) is 10.4. The molecule has 1 aliphatic rings. The zero-order valence-electron chi connectivity index (χ0n) is 15.5. The Morgan fingerprint density at radius 2 is 1.67 bits per heavy atom. The Bertz CT molecular complexity index is 716. The van der Waals surface area contributed by atoms with Gasteiger partial charge in [-0.1, -0.05) is 18.2 Å². The van der Waals surface area contributed by atoms with E-state index in [0.717, 1.165) is 12.8 Å². The van der Waals surface area contributed by atoms with Crippen LogP contribution in [0.4, 0.5) is 0 Å². The molecule has 0 bridgehead atoms. The Balaban J connectivity index is 1.75. The minimum absolute atomic E-state index is 0.121. The molecule has 0 aliphatic carbocycles. The standard InChI is InChI=1S/C18H28N4O4S/c19-10-4-5-11-20-17(23)8-9-18(24)21-12-14-22(15-13-21)27(25,26)16-6-2-1-3-7-16/h1-3,6-7H,4-5,8-15,19H2,(H,20,23). The summed E-state index contributed by atoms with van der Waals surface area (Å²) in [6.07, 6.45) is 1.96. The molecule has 0 spiro atoms. The van der Waals surface area contributed by atoms with Gasteiger partial charge in [0.05, 0.1) is 4.90 Å². The highest BCUT2D eigenvalue weighted by Crippen LogP contribution is 2.17. The van der Waals surface area contributed by atoms with Gasteiger partial charge in [-0.05, 0) is 31.5 Å². The van der Waals surface area contributed by atoms with Gasteiger partial charge < -0.3 is 16.0 Å². The molecule has 0 radical (unpaired) electrons. The summed E-state index contributed by atoms with van der Waals surface area (Å²) in [7, 11) is -3.53. The lowest BCUT2D eigenvalue weighted by molar-refractivity contribution is -0.134. The van der Waals surface area contributed by atoms with Gasteiger partial charge in [0.2, 0.25) is 21.8 Å². The van der Waals surface area contributed by atoms with E-state index in [-0.39, 0.29) is 42.6 Å². The third-order valence-electron chi connectivity index (χ3n) is 4.49. The number of hydrogen-bond donors (Lipinski definition) is 2. The van der Waals surface area contributed by atoms with Crippen LogP contribution in [0.15, 0.2) is 35.2 Å². The van der Waals surface area contributed by atoms with E-state index in [9.17, 15) is 18.0 Å². The molecule has 1 aliphatic heterocycles. The van der Waals surface area contributed by atoms with E-state index in [1.807, 2.05) is 0 Å². The van der Waals surface area contributed by atoms with Crippen molar-refractivity contribution in [3.63, 3.8) is 0 Å². The first kappa shape index (κ1) is 21.3. The minimum Gasteiger partial charge on any atom is -0.356 e. The number of hydrogen-bond acceptors (Lipinski definition) is 5. The molecule has 0 saturated carbocycles. The van der Waals surface area contributed by atoms with Crippen LogP contribution in [0.1, 0.15) is 25.7 Å². The summed E-state index contributed by atoms with van der Waals surface area (Å²) in [5.74, 6) is -0.269. The summed E-state index contributed by atoms with van der Waals surface area (Å²) in [5, 5.41) is 2.77. The molecule has 0 atom stereocenters. The van der Waals surface area contributed by atoms with Crippen LogP contribution >= 0.6 is 0 Å². The van der Waals surface area contributed by atoms with Gasteiger partial charge in [0, 0.05) is 45.6 Å². The van der Waals surface area contributed by atoms with Crippen molar-refractivity contribution in [1.29, 1.82) is 0 Å². The van der Waals surface area contributed by atoms with Crippen molar-refractivity contribution in [3.8, 4) is 0 Å². The average molecular weight is 397 g/mol. The first-order valence-electron chi connectivity index (χ1n) is 9.25. The number of nitrogens with zero attached hydrogens (tertiary/aromatic N) is 2. The van der Waals surface area contributed by atoms with Gasteiger partial charge >= 0.3 is 0 Å². The molecule has 2 amide bonds. The monoisotopic (exact) mass is 396 g/mol. The van der Waals surface area contributed by atoms with Crippen LogP contribution in [0.25, 0.3) is 0 Å². The number of carbonyl (C=O) groups is 2. The highest BCUT2D eigenvalue weighted by molar-refractivity contribution is 7.89. The second-order valence-electron chi connectivity index (χ2n) is 6.44. The van der Waals surface area contributed by atoms with Gasteiger partial charge in [-0.2, -0.15) is 4.31 Å². The Hall–Kier alpha value is -1.97. The maximum absolute atomic E-state index is 12.6. The fourth-order valence-electron chi connectivity index (χ4n) is 2.88. The van der Waals surface area contributed by atoms with Gasteiger partial charge in [0.25, 0.3) is 0 Å². The Kier molecular flexibility index (Phi) is 8.21. The largest absolute Gasteiger partial charge is 0.356 e. The van der Waals surface area contributed by atoms with Crippen molar-refractivity contribution in [2.45, 2.75) is 30.6 Å². The number of benzene rings is 1. The van der Waals surface area contributed by atoms with Crippen molar-refractivity contribution in [1.82, 2.24) is 14.5 Å². The maximum Gasteiger partial charge on any atom is 0.243 e. The molecule has 9 heteroatoms. The summed E-state index contributed by atoms with van der Waals surface area (Å²) in [6, 6.07) is 8.28. The normalized spacial score (nSPS) is 15.5. The molecule has 8 nitrogen and oxygen atoms in total. The molecule has 3 N–H and O–H groups in total. The molecule has 2 rings (SSSR count). The number of rotatable bonds is 9. The summed E-state index contributed by atoms with van der Waals surface area (Å²) >= 11 is 0. The SMILES string of the molecule is NCCCCNC(=O)CCC(=O)N1CCN(S(=O)(=O)c2ccccc2)CC1. The molecule has 1 saturated heterocycles. The molecular formula is C18H28N4O4S. The van der Waals surface area contributed by atoms with Gasteiger partial charge in [-0.25, -0.2) is 8.42 Å². The van der Waals surface area contributed by atoms with Crippen molar-refractivity contribution in [2.24, 2.45) is 5.73 Å². The van der Waals surface area contributed by atoms with E-state index in [1.165, 1.54) is 4.31 Å². The Morgan fingerprint density at radius 3 is 2.30 bits per heavy atom. The quantitative estimate of drug-likeness (QED) is 0.577. The summed E-state index contributed by atoms with van der Waals surface area (Å²) in [6.45, 7) is 2.36. The van der Waals surface area contributed by atoms with Gasteiger partial charge in [-0.15, -0.1) is 0 Å². The molecular weight excluding hydrogens is 368 g/mol. The third kappa shape index (κ3) is 6.30. The van der Waals surface area contributed by atoms with Crippen LogP contribution in [0, 0.1) is 0 Å². The number of unbranched alkanes of at least 4 members (excludes halogenated alkanes) is 1. The van der Waals surface area contributed by atoms with E-state index >= 15 is 0 Å². The predicted molar refractivity (Wildman–Crippen MR) is 102 cm³/mol. The van der Waals surface area contributed by atoms with Crippen LogP contribution in [0.2, 0.25) is 0 Å². The average Bonchev–Trinajstić information content (AvgIpc) is 2.70. The maximum atomic E-state index is 12.6. The molecule has 1 fully saturated rings. The van der Waals surface area contributed by atoms with Crippen LogP contribution in [0.5, 0.6) is 0 Å². The lowest BCUT2D eigenvalue weighted by atomic mass is 10.2. The topological polar surface area (TPSA) is 113 Å². The number of nitrogens with two attached hydrogens (primary N) is 1. The van der Waals surface area contributed by atoms with E-state index in [0.29, 0.717) is 26.2 Å². The summed E-state index contributed by atoms with van der Waals surface area (Å²) < 4.78 is 26.6. The third-order valence-corrected chi connectivity index (χ3v) is 6.40. The van der Waals surface area contributed by atoms with Gasteiger partial charge in [0.15, 0.2) is 0 Å². The second-order valence-corrected chi connectivity index (χ2v) is 8.38. The number of piperazine rings is 1. The highest BCUT2D eigenvalue weighted by Gasteiger charge is 2.29. The first-order valence-corrected chi connectivity index (χ1v) is 10.7. The van der Waals surface area contributed by atoms with Crippen molar-refractivity contribution < 1.29 is 18.0 Å².